The summed E-state index contributed by atoms with van der Waals surface area (Å²) < 4.78 is 17.6. The molecule has 0 fully saturated rings. The van der Waals surface area contributed by atoms with E-state index in [9.17, 15) is 14.7 Å². The molecule has 0 saturated carbocycles. The predicted octanol–water partition coefficient (Wildman–Crippen LogP) is 5.32. The lowest BCUT2D eigenvalue weighted by atomic mass is 10.1. The Bertz CT molecular complexity index is 1310. The number of nitrogens with zero attached hydrogens (tertiary/aromatic N) is 1. The monoisotopic (exact) mass is 461 g/mol. The number of rotatable bonds is 9. The van der Waals surface area contributed by atoms with Crippen LogP contribution in [0, 0.1) is 0 Å². The summed E-state index contributed by atoms with van der Waals surface area (Å²) in [6, 6.07) is 18.3. The summed E-state index contributed by atoms with van der Waals surface area (Å²) >= 11 is 0. The molecule has 3 aromatic carbocycles. The van der Waals surface area contributed by atoms with Crippen molar-refractivity contribution in [3.05, 3.63) is 71.8 Å². The number of hydrogen-bond donors (Lipinski definition) is 1. The summed E-state index contributed by atoms with van der Waals surface area (Å²) in [6.45, 7) is 1.26. The molecule has 4 rings (SSSR count). The largest absolute Gasteiger partial charge is 0.508 e. The summed E-state index contributed by atoms with van der Waals surface area (Å²) in [5, 5.41) is 12.3. The minimum absolute atomic E-state index is 0.231. The van der Waals surface area contributed by atoms with Gasteiger partial charge in [-0.1, -0.05) is 18.2 Å². The maximum absolute atomic E-state index is 11.9. The molecule has 0 radical (unpaired) electrons. The molecule has 7 nitrogen and oxygen atoms in total. The second-order valence-electron chi connectivity index (χ2n) is 8.01. The molecule has 1 aromatic heterocycles. The van der Waals surface area contributed by atoms with Crippen molar-refractivity contribution >= 4 is 33.7 Å². The van der Waals surface area contributed by atoms with Gasteiger partial charge in [-0.2, -0.15) is 0 Å². The molecule has 0 aliphatic rings. The fraction of sp³-hybridized carbons (Fsp3) is 0.259. The molecule has 1 heterocycles. The van der Waals surface area contributed by atoms with Gasteiger partial charge >= 0.3 is 11.9 Å². The molecule has 0 bridgehead atoms. The van der Waals surface area contributed by atoms with Crippen LogP contribution in [0.2, 0.25) is 0 Å². The zero-order chi connectivity index (χ0) is 24.1. The Morgan fingerprint density at radius 2 is 1.47 bits per heavy atom. The zero-order valence-corrected chi connectivity index (χ0v) is 19.2. The molecule has 0 amide bonds. The topological polar surface area (TPSA) is 87.0 Å². The minimum Gasteiger partial charge on any atom is -0.508 e. The normalized spacial score (nSPS) is 11.0. The van der Waals surface area contributed by atoms with Gasteiger partial charge in [-0.15, -0.1) is 0 Å². The minimum atomic E-state index is -0.548. The number of esters is 2. The van der Waals surface area contributed by atoms with E-state index in [0.717, 1.165) is 42.2 Å². The number of hydrogen-bond acceptors (Lipinski definition) is 6. The number of aryl methyl sites for hydroxylation is 1. The van der Waals surface area contributed by atoms with Crippen LogP contribution in [0.1, 0.15) is 40.0 Å². The third-order valence-electron chi connectivity index (χ3n) is 5.80. The van der Waals surface area contributed by atoms with Crippen LogP contribution in [0.3, 0.4) is 0 Å². The average molecular weight is 462 g/mol. The van der Waals surface area contributed by atoms with Crippen LogP contribution in [-0.2, 0) is 16.0 Å². The van der Waals surface area contributed by atoms with Crippen LogP contribution in [0.15, 0.2) is 60.7 Å². The van der Waals surface area contributed by atoms with Crippen molar-refractivity contribution in [2.75, 3.05) is 20.8 Å². The number of methoxy groups -OCH3 is 2. The van der Waals surface area contributed by atoms with Crippen LogP contribution in [-0.4, -0.2) is 42.4 Å². The van der Waals surface area contributed by atoms with Crippen LogP contribution >= 0.6 is 0 Å². The highest BCUT2D eigenvalue weighted by Crippen LogP contribution is 2.31. The molecule has 0 aliphatic carbocycles. The molecule has 1 N–H and O–H groups in total. The molecule has 4 aromatic rings. The van der Waals surface area contributed by atoms with Gasteiger partial charge < -0.3 is 23.9 Å². The highest BCUT2D eigenvalue weighted by atomic mass is 16.5. The summed E-state index contributed by atoms with van der Waals surface area (Å²) in [6.07, 6.45) is 2.66. The van der Waals surface area contributed by atoms with Gasteiger partial charge in [0.1, 0.15) is 11.5 Å². The first-order chi connectivity index (χ1) is 16.5. The van der Waals surface area contributed by atoms with Crippen LogP contribution < -0.4 is 4.74 Å². The van der Waals surface area contributed by atoms with E-state index in [1.165, 1.54) is 25.7 Å². The second kappa shape index (κ2) is 10.3. The van der Waals surface area contributed by atoms with Crippen molar-refractivity contribution in [3.63, 3.8) is 0 Å². The number of unbranched alkanes of at least 4 members (excludes halogenated alkanes) is 2. The first-order valence-corrected chi connectivity index (χ1v) is 11.2. The number of benzene rings is 3. The number of phenolic OH excluding ortho intramolecular Hbond substituents is 1. The molecule has 0 unspecified atom stereocenters. The van der Waals surface area contributed by atoms with E-state index in [0.29, 0.717) is 12.4 Å². The summed E-state index contributed by atoms with van der Waals surface area (Å²) in [5.41, 5.74) is 2.63. The fourth-order valence-electron chi connectivity index (χ4n) is 4.17. The van der Waals surface area contributed by atoms with Crippen molar-refractivity contribution in [1.29, 1.82) is 0 Å². The molecular formula is C27H27NO6. The average Bonchev–Trinajstić information content (AvgIpc) is 3.17. The highest BCUT2D eigenvalue weighted by Gasteiger charge is 2.15. The van der Waals surface area contributed by atoms with E-state index in [4.69, 9.17) is 14.2 Å². The molecule has 0 saturated heterocycles. The van der Waals surface area contributed by atoms with Gasteiger partial charge in [-0.05, 0) is 55.7 Å². The van der Waals surface area contributed by atoms with E-state index in [1.807, 2.05) is 24.3 Å². The fourth-order valence-corrected chi connectivity index (χ4v) is 4.17. The lowest BCUT2D eigenvalue weighted by Crippen LogP contribution is -2.08. The Morgan fingerprint density at radius 3 is 2.18 bits per heavy atom. The third kappa shape index (κ3) is 4.83. The van der Waals surface area contributed by atoms with E-state index in [1.54, 1.807) is 18.2 Å². The highest BCUT2D eigenvalue weighted by molar-refractivity contribution is 6.08. The zero-order valence-electron chi connectivity index (χ0n) is 19.2. The Balaban J connectivity index is 1.38. The van der Waals surface area contributed by atoms with Crippen molar-refractivity contribution in [3.8, 4) is 11.5 Å². The van der Waals surface area contributed by atoms with Crippen LogP contribution in [0.25, 0.3) is 21.8 Å². The number of para-hydroxylation sites is 1. The van der Waals surface area contributed by atoms with Gasteiger partial charge in [0.05, 0.1) is 37.5 Å². The van der Waals surface area contributed by atoms with Gasteiger partial charge in [-0.25, -0.2) is 9.59 Å². The molecule has 0 atom stereocenters. The Kier molecular flexibility index (Phi) is 7.01. The maximum atomic E-state index is 11.9. The predicted molar refractivity (Wildman–Crippen MR) is 130 cm³/mol. The second-order valence-corrected chi connectivity index (χ2v) is 8.01. The van der Waals surface area contributed by atoms with E-state index < -0.39 is 11.9 Å². The van der Waals surface area contributed by atoms with Gasteiger partial charge in [0, 0.05) is 28.9 Å². The number of ether oxygens (including phenoxy) is 3. The molecular weight excluding hydrogens is 434 g/mol. The lowest BCUT2D eigenvalue weighted by Gasteiger charge is -2.11. The van der Waals surface area contributed by atoms with E-state index >= 15 is 0 Å². The third-order valence-corrected chi connectivity index (χ3v) is 5.80. The quantitative estimate of drug-likeness (QED) is 0.268. The number of carbonyl (C=O) groups is 2. The molecule has 34 heavy (non-hydrogen) atoms. The number of fused-ring (bicyclic) bond motifs is 3. The van der Waals surface area contributed by atoms with Crippen LogP contribution in [0.5, 0.6) is 11.5 Å². The first-order valence-electron chi connectivity index (χ1n) is 11.2. The molecule has 7 heteroatoms. The van der Waals surface area contributed by atoms with E-state index in [-0.39, 0.29) is 16.9 Å². The number of phenols is 1. The summed E-state index contributed by atoms with van der Waals surface area (Å²) in [5.74, 6) is -0.424. The van der Waals surface area contributed by atoms with Gasteiger partial charge in [0.15, 0.2) is 0 Å². The van der Waals surface area contributed by atoms with Crippen molar-refractivity contribution in [1.82, 2.24) is 4.57 Å². The Labute approximate surface area is 197 Å². The number of carbonyl (C=O) groups excluding carboxylic acids is 2. The number of aromatic hydroxyl groups is 1. The Hall–Kier alpha value is -4.00. The van der Waals surface area contributed by atoms with E-state index in [2.05, 4.69) is 16.7 Å². The lowest BCUT2D eigenvalue weighted by molar-refractivity contribution is 0.0598. The smallest absolute Gasteiger partial charge is 0.338 e. The summed E-state index contributed by atoms with van der Waals surface area (Å²) in [7, 11) is 2.57. The van der Waals surface area contributed by atoms with Crippen molar-refractivity contribution in [2.45, 2.75) is 25.8 Å². The van der Waals surface area contributed by atoms with Gasteiger partial charge in [0.2, 0.25) is 0 Å². The molecule has 176 valence electrons. The van der Waals surface area contributed by atoms with Gasteiger partial charge in [-0.3, -0.25) is 0 Å². The molecule has 0 spiro atoms. The SMILES string of the molecule is COC(=O)c1cc(OCCCCCn2c3ccccc3c3ccc(O)cc32)cc(C(=O)OC)c1. The van der Waals surface area contributed by atoms with Crippen molar-refractivity contribution < 1.29 is 28.9 Å². The summed E-state index contributed by atoms with van der Waals surface area (Å²) in [4.78, 5) is 23.8. The Morgan fingerprint density at radius 1 is 0.794 bits per heavy atom. The number of aromatic nitrogens is 1. The van der Waals surface area contributed by atoms with Crippen molar-refractivity contribution in [2.24, 2.45) is 0 Å². The standard InChI is InChI=1S/C27H27NO6/c1-32-26(30)18-14-19(27(31)33-2)16-21(15-18)34-13-7-3-6-12-28-24-9-5-4-8-22(24)23-11-10-20(29)17-25(23)28/h4-5,8-11,14-17,29H,3,6-7,12-13H2,1-2H3. The first kappa shape index (κ1) is 23.2. The molecule has 0 aliphatic heterocycles. The maximum Gasteiger partial charge on any atom is 0.338 e. The van der Waals surface area contributed by atoms with Crippen LogP contribution in [0.4, 0.5) is 0 Å². The van der Waals surface area contributed by atoms with Gasteiger partial charge in [0.25, 0.3) is 0 Å².